The van der Waals surface area contributed by atoms with Gasteiger partial charge >= 0.3 is 0 Å². The lowest BCUT2D eigenvalue weighted by atomic mass is 10.1. The van der Waals surface area contributed by atoms with Crippen molar-refractivity contribution in [2.45, 2.75) is 33.3 Å². The molecule has 0 bridgehead atoms. The molecule has 0 saturated carbocycles. The Morgan fingerprint density at radius 1 is 1.11 bits per heavy atom. The first-order chi connectivity index (χ1) is 13.5. The van der Waals surface area contributed by atoms with E-state index < -0.39 is 6.10 Å². The summed E-state index contributed by atoms with van der Waals surface area (Å²) in [6.07, 6.45) is 0.406. The Morgan fingerprint density at radius 3 is 2.50 bits per heavy atom. The summed E-state index contributed by atoms with van der Waals surface area (Å²) in [7, 11) is 0. The van der Waals surface area contributed by atoms with Crippen LogP contribution in [0.3, 0.4) is 0 Å². The van der Waals surface area contributed by atoms with Crippen LogP contribution in [0.2, 0.25) is 0 Å². The number of carbonyl (C=O) groups excluding carboxylic acids is 2. The van der Waals surface area contributed by atoms with Gasteiger partial charge in [-0.05, 0) is 31.9 Å². The molecule has 2 amide bonds. The van der Waals surface area contributed by atoms with E-state index in [4.69, 9.17) is 9.47 Å². The summed E-state index contributed by atoms with van der Waals surface area (Å²) in [5.74, 6) is -0.0224. The Labute approximate surface area is 168 Å². The van der Waals surface area contributed by atoms with Crippen LogP contribution in [-0.2, 0) is 25.5 Å². The summed E-state index contributed by atoms with van der Waals surface area (Å²) >= 11 is 0. The Kier molecular flexibility index (Phi) is 9.40. The Bertz CT molecular complexity index is 630. The number of hydrogen-bond donors (Lipinski definition) is 1. The van der Waals surface area contributed by atoms with Crippen molar-refractivity contribution in [3.8, 4) is 0 Å². The van der Waals surface area contributed by atoms with Crippen LogP contribution in [-0.4, -0.2) is 80.3 Å². The van der Waals surface area contributed by atoms with Gasteiger partial charge in [0.2, 0.25) is 5.91 Å². The third-order valence-electron chi connectivity index (χ3n) is 4.87. The van der Waals surface area contributed by atoms with E-state index in [1.807, 2.05) is 36.1 Å². The molecule has 1 fully saturated rings. The maximum absolute atomic E-state index is 12.5. The number of benzene rings is 1. The van der Waals surface area contributed by atoms with Crippen molar-refractivity contribution >= 4 is 17.5 Å². The standard InChI is InChI=1S/C21H33N3O4/c1-4-18-8-6-7-9-19(18)22-20(25)16-23-10-12-24(13-11-23)21(26)17(3)28-15-14-27-5-2/h6-9,17H,4-5,10-16H2,1-3H3,(H,22,25). The van der Waals surface area contributed by atoms with Crippen LogP contribution < -0.4 is 5.32 Å². The van der Waals surface area contributed by atoms with E-state index in [1.165, 1.54) is 0 Å². The zero-order valence-electron chi connectivity index (χ0n) is 17.3. The van der Waals surface area contributed by atoms with Crippen LogP contribution >= 0.6 is 0 Å². The number of para-hydroxylation sites is 1. The van der Waals surface area contributed by atoms with Crippen molar-refractivity contribution < 1.29 is 19.1 Å². The van der Waals surface area contributed by atoms with Gasteiger partial charge in [-0.1, -0.05) is 25.1 Å². The highest BCUT2D eigenvalue weighted by atomic mass is 16.5. The van der Waals surface area contributed by atoms with Crippen LogP contribution in [0.1, 0.15) is 26.3 Å². The number of anilines is 1. The fourth-order valence-electron chi connectivity index (χ4n) is 3.23. The van der Waals surface area contributed by atoms with Crippen molar-refractivity contribution in [3.63, 3.8) is 0 Å². The van der Waals surface area contributed by atoms with Crippen molar-refractivity contribution in [2.24, 2.45) is 0 Å². The quantitative estimate of drug-likeness (QED) is 0.616. The number of nitrogens with one attached hydrogen (secondary N) is 1. The summed E-state index contributed by atoms with van der Waals surface area (Å²) in [4.78, 5) is 28.7. The SMILES string of the molecule is CCOCCOC(C)C(=O)N1CCN(CC(=O)Nc2ccccc2CC)CC1. The lowest BCUT2D eigenvalue weighted by Crippen LogP contribution is -2.52. The largest absolute Gasteiger partial charge is 0.379 e. The molecule has 2 rings (SSSR count). The summed E-state index contributed by atoms with van der Waals surface area (Å²) in [6, 6.07) is 7.86. The summed E-state index contributed by atoms with van der Waals surface area (Å²) in [5.41, 5.74) is 2.01. The highest BCUT2D eigenvalue weighted by Crippen LogP contribution is 2.15. The van der Waals surface area contributed by atoms with Crippen molar-refractivity contribution in [1.82, 2.24) is 9.80 Å². The van der Waals surface area contributed by atoms with E-state index in [9.17, 15) is 9.59 Å². The molecule has 156 valence electrons. The fourth-order valence-corrected chi connectivity index (χ4v) is 3.23. The maximum atomic E-state index is 12.5. The molecule has 0 spiro atoms. The van der Waals surface area contributed by atoms with E-state index in [2.05, 4.69) is 17.1 Å². The van der Waals surface area contributed by atoms with E-state index in [0.29, 0.717) is 52.5 Å². The van der Waals surface area contributed by atoms with Gasteiger partial charge in [0.1, 0.15) is 6.10 Å². The predicted molar refractivity (Wildman–Crippen MR) is 109 cm³/mol. The number of ether oxygens (including phenoxy) is 2. The predicted octanol–water partition coefficient (Wildman–Crippen LogP) is 1.77. The van der Waals surface area contributed by atoms with Crippen LogP contribution in [0.4, 0.5) is 5.69 Å². The lowest BCUT2D eigenvalue weighted by molar-refractivity contribution is -0.145. The van der Waals surface area contributed by atoms with Crippen LogP contribution in [0, 0.1) is 0 Å². The van der Waals surface area contributed by atoms with Gasteiger partial charge in [0.15, 0.2) is 0 Å². The van der Waals surface area contributed by atoms with Crippen molar-refractivity contribution in [3.05, 3.63) is 29.8 Å². The third-order valence-corrected chi connectivity index (χ3v) is 4.87. The second-order valence-electron chi connectivity index (χ2n) is 6.87. The summed E-state index contributed by atoms with van der Waals surface area (Å²) in [5, 5.41) is 3.00. The lowest BCUT2D eigenvalue weighted by Gasteiger charge is -2.35. The van der Waals surface area contributed by atoms with Gasteiger partial charge in [-0.3, -0.25) is 14.5 Å². The second kappa shape index (κ2) is 11.8. The molecule has 1 N–H and O–H groups in total. The second-order valence-corrected chi connectivity index (χ2v) is 6.87. The minimum Gasteiger partial charge on any atom is -0.379 e. The number of piperazine rings is 1. The smallest absolute Gasteiger partial charge is 0.251 e. The van der Waals surface area contributed by atoms with Crippen molar-refractivity contribution in [1.29, 1.82) is 0 Å². The van der Waals surface area contributed by atoms with Gasteiger partial charge in [0.25, 0.3) is 5.91 Å². The van der Waals surface area contributed by atoms with E-state index >= 15 is 0 Å². The van der Waals surface area contributed by atoms with Crippen LogP contribution in [0.15, 0.2) is 24.3 Å². The van der Waals surface area contributed by atoms with Crippen LogP contribution in [0.5, 0.6) is 0 Å². The molecule has 1 unspecified atom stereocenters. The molecule has 1 heterocycles. The van der Waals surface area contributed by atoms with Gasteiger partial charge in [0.05, 0.1) is 19.8 Å². The molecule has 1 saturated heterocycles. The minimum absolute atomic E-state index is 0.00234. The number of amides is 2. The third kappa shape index (κ3) is 6.89. The Hall–Kier alpha value is -1.96. The van der Waals surface area contributed by atoms with Gasteiger partial charge in [-0.25, -0.2) is 0 Å². The monoisotopic (exact) mass is 391 g/mol. The number of hydrogen-bond acceptors (Lipinski definition) is 5. The van der Waals surface area contributed by atoms with Crippen molar-refractivity contribution in [2.75, 3.05) is 57.9 Å². The number of rotatable bonds is 10. The zero-order chi connectivity index (χ0) is 20.4. The highest BCUT2D eigenvalue weighted by molar-refractivity contribution is 5.93. The maximum Gasteiger partial charge on any atom is 0.251 e. The molecule has 7 heteroatoms. The Morgan fingerprint density at radius 2 is 1.82 bits per heavy atom. The minimum atomic E-state index is -0.471. The first kappa shape index (κ1) is 22.3. The molecule has 0 radical (unpaired) electrons. The van der Waals surface area contributed by atoms with Gasteiger partial charge in [-0.15, -0.1) is 0 Å². The molecule has 1 aliphatic heterocycles. The molecule has 7 nitrogen and oxygen atoms in total. The molecule has 1 aliphatic rings. The normalized spacial score (nSPS) is 16.0. The first-order valence-corrected chi connectivity index (χ1v) is 10.1. The average Bonchev–Trinajstić information content (AvgIpc) is 2.71. The van der Waals surface area contributed by atoms with Crippen LogP contribution in [0.25, 0.3) is 0 Å². The number of carbonyl (C=O) groups is 2. The van der Waals surface area contributed by atoms with E-state index in [1.54, 1.807) is 6.92 Å². The summed E-state index contributed by atoms with van der Waals surface area (Å²) < 4.78 is 10.8. The number of aryl methyl sites for hydroxylation is 1. The average molecular weight is 392 g/mol. The molecule has 1 atom stereocenters. The van der Waals surface area contributed by atoms with Gasteiger partial charge < -0.3 is 19.7 Å². The molecule has 0 aliphatic carbocycles. The van der Waals surface area contributed by atoms with E-state index in [-0.39, 0.29) is 11.8 Å². The zero-order valence-corrected chi connectivity index (χ0v) is 17.3. The molecule has 0 aromatic heterocycles. The molecule has 1 aromatic carbocycles. The molecule has 28 heavy (non-hydrogen) atoms. The molecular formula is C21H33N3O4. The fraction of sp³-hybridized carbons (Fsp3) is 0.619. The van der Waals surface area contributed by atoms with Gasteiger partial charge in [0, 0.05) is 38.5 Å². The number of nitrogens with zero attached hydrogens (tertiary/aromatic N) is 2. The summed E-state index contributed by atoms with van der Waals surface area (Å²) in [6.45, 7) is 10.2. The molecule has 1 aromatic rings. The topological polar surface area (TPSA) is 71.1 Å². The molecular weight excluding hydrogens is 358 g/mol. The first-order valence-electron chi connectivity index (χ1n) is 10.1. The van der Waals surface area contributed by atoms with Gasteiger partial charge in [-0.2, -0.15) is 0 Å². The Balaban J connectivity index is 1.72. The van der Waals surface area contributed by atoms with E-state index in [0.717, 1.165) is 17.7 Å². The highest BCUT2D eigenvalue weighted by Gasteiger charge is 2.26.